The van der Waals surface area contributed by atoms with E-state index in [0.29, 0.717) is 32.7 Å². The average Bonchev–Trinajstić information content (AvgIpc) is 2.29. The lowest BCUT2D eigenvalue weighted by Gasteiger charge is -2.36. The van der Waals surface area contributed by atoms with Crippen molar-refractivity contribution in [1.29, 1.82) is 0 Å². The highest BCUT2D eigenvalue weighted by Gasteiger charge is 2.31. The van der Waals surface area contributed by atoms with Crippen molar-refractivity contribution in [1.82, 2.24) is 13.5 Å². The molecule has 0 radical (unpaired) electrons. The van der Waals surface area contributed by atoms with Crippen LogP contribution in [-0.4, -0.2) is 79.5 Å². The number of piperazine rings is 1. The molecular weight excluding hydrogens is 242 g/mol. The first-order valence-electron chi connectivity index (χ1n) is 5.96. The molecule has 0 saturated carbocycles. The van der Waals surface area contributed by atoms with Gasteiger partial charge in [0.2, 0.25) is 0 Å². The Labute approximate surface area is 104 Å². The number of rotatable bonds is 5. The van der Waals surface area contributed by atoms with Gasteiger partial charge in [0.25, 0.3) is 10.2 Å². The predicted octanol–water partition coefficient (Wildman–Crippen LogP) is -0.819. The zero-order chi connectivity index (χ0) is 13.1. The molecule has 0 spiro atoms. The second-order valence-electron chi connectivity index (χ2n) is 4.58. The SMILES string of the molecule is CC(C)N(C)S(=O)(=O)N1CCN(CCO)CC1. The molecule has 0 aromatic heterocycles. The van der Waals surface area contributed by atoms with Crippen LogP contribution in [0.4, 0.5) is 0 Å². The molecule has 0 aliphatic carbocycles. The summed E-state index contributed by atoms with van der Waals surface area (Å²) in [6, 6.07) is -0.0320. The Morgan fingerprint density at radius 2 is 1.76 bits per heavy atom. The minimum absolute atomic E-state index is 0.0320. The molecule has 7 heteroatoms. The fraction of sp³-hybridized carbons (Fsp3) is 1.00. The minimum atomic E-state index is -3.32. The smallest absolute Gasteiger partial charge is 0.282 e. The van der Waals surface area contributed by atoms with Gasteiger partial charge in [0, 0.05) is 45.8 Å². The summed E-state index contributed by atoms with van der Waals surface area (Å²) in [5.74, 6) is 0. The van der Waals surface area contributed by atoms with Crippen molar-refractivity contribution in [3.63, 3.8) is 0 Å². The van der Waals surface area contributed by atoms with Gasteiger partial charge < -0.3 is 5.11 Å². The van der Waals surface area contributed by atoms with E-state index in [-0.39, 0.29) is 12.6 Å². The fourth-order valence-corrected chi connectivity index (χ4v) is 3.30. The molecule has 17 heavy (non-hydrogen) atoms. The van der Waals surface area contributed by atoms with Crippen molar-refractivity contribution in [2.45, 2.75) is 19.9 Å². The van der Waals surface area contributed by atoms with E-state index in [4.69, 9.17) is 5.11 Å². The molecular formula is C10H23N3O3S. The minimum Gasteiger partial charge on any atom is -0.395 e. The second-order valence-corrected chi connectivity index (χ2v) is 6.57. The number of hydrogen-bond donors (Lipinski definition) is 1. The normalized spacial score (nSPS) is 20.4. The molecule has 0 aromatic carbocycles. The molecule has 6 nitrogen and oxygen atoms in total. The van der Waals surface area contributed by atoms with Crippen LogP contribution in [0.3, 0.4) is 0 Å². The molecule has 0 atom stereocenters. The first-order chi connectivity index (χ1) is 7.89. The van der Waals surface area contributed by atoms with Crippen LogP contribution in [0.2, 0.25) is 0 Å². The monoisotopic (exact) mass is 265 g/mol. The van der Waals surface area contributed by atoms with Crippen molar-refractivity contribution in [3.05, 3.63) is 0 Å². The number of nitrogens with zero attached hydrogens (tertiary/aromatic N) is 3. The molecule has 1 aliphatic rings. The van der Waals surface area contributed by atoms with E-state index in [9.17, 15) is 8.42 Å². The van der Waals surface area contributed by atoms with Crippen molar-refractivity contribution < 1.29 is 13.5 Å². The lowest BCUT2D eigenvalue weighted by molar-refractivity contribution is 0.147. The van der Waals surface area contributed by atoms with Gasteiger partial charge in [0.1, 0.15) is 0 Å². The van der Waals surface area contributed by atoms with Gasteiger partial charge in [-0.3, -0.25) is 4.90 Å². The van der Waals surface area contributed by atoms with Crippen LogP contribution in [0.1, 0.15) is 13.8 Å². The lowest BCUT2D eigenvalue weighted by atomic mass is 10.4. The van der Waals surface area contributed by atoms with E-state index in [1.807, 2.05) is 13.8 Å². The van der Waals surface area contributed by atoms with E-state index >= 15 is 0 Å². The third-order valence-corrected chi connectivity index (χ3v) is 5.33. The standard InChI is InChI=1S/C10H23N3O3S/c1-10(2)11(3)17(15,16)13-6-4-12(5-7-13)8-9-14/h10,14H,4-9H2,1-3H3. The number of aliphatic hydroxyl groups excluding tert-OH is 1. The third kappa shape index (κ3) is 3.62. The summed E-state index contributed by atoms with van der Waals surface area (Å²) in [7, 11) is -1.71. The van der Waals surface area contributed by atoms with E-state index < -0.39 is 10.2 Å². The van der Waals surface area contributed by atoms with E-state index in [1.165, 1.54) is 8.61 Å². The summed E-state index contributed by atoms with van der Waals surface area (Å²) >= 11 is 0. The fourth-order valence-electron chi connectivity index (χ4n) is 1.77. The molecule has 102 valence electrons. The maximum Gasteiger partial charge on any atom is 0.282 e. The van der Waals surface area contributed by atoms with E-state index in [1.54, 1.807) is 7.05 Å². The van der Waals surface area contributed by atoms with E-state index in [0.717, 1.165) is 0 Å². The maximum absolute atomic E-state index is 12.2. The number of hydrogen-bond acceptors (Lipinski definition) is 4. The number of β-amino-alcohol motifs (C(OH)–C–C–N with tert-alkyl or cyclic N) is 1. The van der Waals surface area contributed by atoms with Crippen LogP contribution < -0.4 is 0 Å². The largest absolute Gasteiger partial charge is 0.395 e. The molecule has 0 bridgehead atoms. The summed E-state index contributed by atoms with van der Waals surface area (Å²) in [4.78, 5) is 2.07. The van der Waals surface area contributed by atoms with Crippen LogP contribution >= 0.6 is 0 Å². The van der Waals surface area contributed by atoms with Gasteiger partial charge >= 0.3 is 0 Å². The van der Waals surface area contributed by atoms with Crippen LogP contribution in [0, 0.1) is 0 Å². The van der Waals surface area contributed by atoms with Crippen LogP contribution in [0.15, 0.2) is 0 Å². The van der Waals surface area contributed by atoms with Gasteiger partial charge in [-0.05, 0) is 13.8 Å². The quantitative estimate of drug-likeness (QED) is 0.705. The van der Waals surface area contributed by atoms with E-state index in [2.05, 4.69) is 4.90 Å². The summed E-state index contributed by atoms with van der Waals surface area (Å²) < 4.78 is 27.3. The van der Waals surface area contributed by atoms with Crippen LogP contribution in [0.5, 0.6) is 0 Å². The molecule has 1 N–H and O–H groups in total. The second kappa shape index (κ2) is 6.10. The van der Waals surface area contributed by atoms with Crippen molar-refractivity contribution in [2.75, 3.05) is 46.4 Å². The van der Waals surface area contributed by atoms with Gasteiger partial charge in [-0.2, -0.15) is 17.0 Å². The van der Waals surface area contributed by atoms with Gasteiger partial charge in [-0.25, -0.2) is 0 Å². The summed E-state index contributed by atoms with van der Waals surface area (Å²) in [6.07, 6.45) is 0. The average molecular weight is 265 g/mol. The topological polar surface area (TPSA) is 64.1 Å². The first kappa shape index (κ1) is 14.8. The Balaban J connectivity index is 2.59. The maximum atomic E-state index is 12.2. The highest BCUT2D eigenvalue weighted by Crippen LogP contribution is 2.12. The number of aliphatic hydroxyl groups is 1. The van der Waals surface area contributed by atoms with Gasteiger partial charge in [-0.15, -0.1) is 0 Å². The molecule has 1 heterocycles. The summed E-state index contributed by atoms with van der Waals surface area (Å²) in [6.45, 7) is 6.84. The molecule has 1 saturated heterocycles. The zero-order valence-corrected chi connectivity index (χ0v) is 11.7. The third-order valence-electron chi connectivity index (χ3n) is 3.16. The Morgan fingerprint density at radius 3 is 2.18 bits per heavy atom. The Morgan fingerprint density at radius 1 is 1.24 bits per heavy atom. The van der Waals surface area contributed by atoms with Crippen LogP contribution in [-0.2, 0) is 10.2 Å². The highest BCUT2D eigenvalue weighted by atomic mass is 32.2. The van der Waals surface area contributed by atoms with Crippen LogP contribution in [0.25, 0.3) is 0 Å². The van der Waals surface area contributed by atoms with Crippen molar-refractivity contribution in [3.8, 4) is 0 Å². The van der Waals surface area contributed by atoms with Crippen molar-refractivity contribution >= 4 is 10.2 Å². The molecule has 0 amide bonds. The Bertz CT molecular complexity index is 324. The highest BCUT2D eigenvalue weighted by molar-refractivity contribution is 7.86. The lowest BCUT2D eigenvalue weighted by Crippen LogP contribution is -2.53. The summed E-state index contributed by atoms with van der Waals surface area (Å²) in [5, 5.41) is 8.82. The first-order valence-corrected chi connectivity index (χ1v) is 7.35. The molecule has 1 fully saturated rings. The van der Waals surface area contributed by atoms with Gasteiger partial charge in [-0.1, -0.05) is 0 Å². The van der Waals surface area contributed by atoms with Crippen molar-refractivity contribution in [2.24, 2.45) is 0 Å². The van der Waals surface area contributed by atoms with Gasteiger partial charge in [0.15, 0.2) is 0 Å². The zero-order valence-electron chi connectivity index (χ0n) is 10.8. The van der Waals surface area contributed by atoms with Gasteiger partial charge in [0.05, 0.1) is 6.61 Å². The predicted molar refractivity (Wildman–Crippen MR) is 66.9 cm³/mol. The molecule has 0 aromatic rings. The molecule has 1 aliphatic heterocycles. The molecule has 1 rings (SSSR count). The Hall–Kier alpha value is -0.210. The Kier molecular flexibility index (Phi) is 5.33. The summed E-state index contributed by atoms with van der Waals surface area (Å²) in [5.41, 5.74) is 0. The molecule has 0 unspecified atom stereocenters.